The smallest absolute Gasteiger partial charge is 0.358 e. The molecule has 22 heavy (non-hydrogen) atoms. The topological polar surface area (TPSA) is 74.4 Å². The fourth-order valence-electron chi connectivity index (χ4n) is 1.80. The van der Waals surface area contributed by atoms with Crippen LogP contribution in [-0.2, 0) is 4.74 Å². The van der Waals surface area contributed by atoms with Crippen molar-refractivity contribution in [1.82, 2.24) is 4.98 Å². The number of carbonyl (C=O) groups is 1. The summed E-state index contributed by atoms with van der Waals surface area (Å²) in [5.74, 6) is -1.16. The number of benzene rings is 1. The number of nitrogen functional groups attached to an aromatic ring is 1. The van der Waals surface area contributed by atoms with Crippen molar-refractivity contribution < 1.29 is 18.7 Å². The zero-order valence-electron chi connectivity index (χ0n) is 11.6. The highest BCUT2D eigenvalue weighted by atomic mass is 35.5. The molecule has 0 aliphatic rings. The Labute approximate surface area is 135 Å². The molecule has 0 fully saturated rings. The van der Waals surface area contributed by atoms with Crippen LogP contribution in [0.3, 0.4) is 0 Å². The second-order valence-electron chi connectivity index (χ2n) is 4.22. The van der Waals surface area contributed by atoms with E-state index in [-0.39, 0.29) is 38.4 Å². The molecular weight excluding hydrogens is 334 g/mol. The SMILES string of the molecule is COC(=O)c1nc(-c2cc(OC)c(Cl)cc2F)cc(N)c1Cl. The number of pyridine rings is 1. The Bertz CT molecular complexity index is 753. The van der Waals surface area contributed by atoms with Crippen molar-refractivity contribution in [2.24, 2.45) is 0 Å². The number of nitrogens with zero attached hydrogens (tertiary/aromatic N) is 1. The maximum atomic E-state index is 14.1. The summed E-state index contributed by atoms with van der Waals surface area (Å²) in [7, 11) is 2.57. The molecule has 0 aliphatic heterocycles. The number of anilines is 1. The summed E-state index contributed by atoms with van der Waals surface area (Å²) in [6, 6.07) is 3.79. The number of methoxy groups -OCH3 is 2. The average molecular weight is 345 g/mol. The van der Waals surface area contributed by atoms with E-state index < -0.39 is 11.8 Å². The van der Waals surface area contributed by atoms with Gasteiger partial charge in [0.15, 0.2) is 5.69 Å². The summed E-state index contributed by atoms with van der Waals surface area (Å²) >= 11 is 11.8. The third-order valence-electron chi connectivity index (χ3n) is 2.88. The second kappa shape index (κ2) is 6.37. The first-order chi connectivity index (χ1) is 10.4. The van der Waals surface area contributed by atoms with Gasteiger partial charge in [-0.05, 0) is 18.2 Å². The number of hydrogen-bond donors (Lipinski definition) is 1. The zero-order valence-corrected chi connectivity index (χ0v) is 13.1. The third kappa shape index (κ3) is 2.93. The molecule has 0 saturated carbocycles. The number of hydrogen-bond acceptors (Lipinski definition) is 5. The lowest BCUT2D eigenvalue weighted by Gasteiger charge is -2.11. The van der Waals surface area contributed by atoms with Crippen molar-refractivity contribution in [2.75, 3.05) is 20.0 Å². The molecule has 2 aromatic rings. The average Bonchev–Trinajstić information content (AvgIpc) is 2.49. The van der Waals surface area contributed by atoms with Gasteiger partial charge in [-0.3, -0.25) is 0 Å². The molecule has 116 valence electrons. The summed E-state index contributed by atoms with van der Waals surface area (Å²) in [5, 5.41) is 0.0517. The van der Waals surface area contributed by atoms with Crippen LogP contribution in [0.2, 0.25) is 10.0 Å². The highest BCUT2D eigenvalue weighted by Crippen LogP contribution is 2.35. The minimum Gasteiger partial charge on any atom is -0.495 e. The monoisotopic (exact) mass is 344 g/mol. The van der Waals surface area contributed by atoms with Crippen molar-refractivity contribution in [3.8, 4) is 17.0 Å². The van der Waals surface area contributed by atoms with Crippen LogP contribution in [0.5, 0.6) is 5.75 Å². The number of ether oxygens (including phenoxy) is 2. The molecule has 0 radical (unpaired) electrons. The van der Waals surface area contributed by atoms with Crippen LogP contribution >= 0.6 is 23.2 Å². The van der Waals surface area contributed by atoms with Gasteiger partial charge in [0.1, 0.15) is 11.6 Å². The molecule has 0 bridgehead atoms. The summed E-state index contributed by atoms with van der Waals surface area (Å²) in [5.41, 5.74) is 5.78. The van der Waals surface area contributed by atoms with Crippen molar-refractivity contribution >= 4 is 34.9 Å². The Balaban J connectivity index is 2.68. The molecule has 5 nitrogen and oxygen atoms in total. The van der Waals surface area contributed by atoms with Gasteiger partial charge in [0, 0.05) is 5.56 Å². The number of halogens is 3. The Hall–Kier alpha value is -2.05. The van der Waals surface area contributed by atoms with Crippen LogP contribution in [0.25, 0.3) is 11.3 Å². The van der Waals surface area contributed by atoms with E-state index in [1.54, 1.807) is 0 Å². The molecule has 0 saturated heterocycles. The molecule has 2 N–H and O–H groups in total. The maximum Gasteiger partial charge on any atom is 0.358 e. The minimum atomic E-state index is -0.778. The third-order valence-corrected chi connectivity index (χ3v) is 3.57. The normalized spacial score (nSPS) is 10.4. The van der Waals surface area contributed by atoms with E-state index in [2.05, 4.69) is 9.72 Å². The van der Waals surface area contributed by atoms with Gasteiger partial charge in [0.2, 0.25) is 0 Å². The lowest BCUT2D eigenvalue weighted by Crippen LogP contribution is -2.08. The number of rotatable bonds is 3. The first-order valence-electron chi connectivity index (χ1n) is 5.96. The molecule has 0 aliphatic carbocycles. The predicted molar refractivity (Wildman–Crippen MR) is 82.0 cm³/mol. The van der Waals surface area contributed by atoms with Crippen LogP contribution in [0.15, 0.2) is 18.2 Å². The van der Waals surface area contributed by atoms with Gasteiger partial charge in [0.05, 0.1) is 35.6 Å². The van der Waals surface area contributed by atoms with Crippen molar-refractivity contribution in [1.29, 1.82) is 0 Å². The van der Waals surface area contributed by atoms with Gasteiger partial charge < -0.3 is 15.2 Å². The molecule has 0 spiro atoms. The van der Waals surface area contributed by atoms with Gasteiger partial charge in [0.25, 0.3) is 0 Å². The number of nitrogens with two attached hydrogens (primary N) is 1. The molecule has 1 heterocycles. The Morgan fingerprint density at radius 1 is 1.27 bits per heavy atom. The summed E-state index contributed by atoms with van der Waals surface area (Å²) in [4.78, 5) is 15.7. The molecule has 0 unspecified atom stereocenters. The Morgan fingerprint density at radius 3 is 2.55 bits per heavy atom. The predicted octanol–water partition coefficient (Wildman–Crippen LogP) is 3.57. The van der Waals surface area contributed by atoms with E-state index in [9.17, 15) is 9.18 Å². The van der Waals surface area contributed by atoms with E-state index in [1.165, 1.54) is 26.4 Å². The molecule has 1 aromatic heterocycles. The second-order valence-corrected chi connectivity index (χ2v) is 5.00. The van der Waals surface area contributed by atoms with Crippen LogP contribution < -0.4 is 10.5 Å². The van der Waals surface area contributed by atoms with Crippen molar-refractivity contribution in [3.05, 3.63) is 39.8 Å². The van der Waals surface area contributed by atoms with Crippen LogP contribution in [0, 0.1) is 5.82 Å². The van der Waals surface area contributed by atoms with E-state index in [1.807, 2.05) is 0 Å². The molecule has 0 amide bonds. The largest absolute Gasteiger partial charge is 0.495 e. The van der Waals surface area contributed by atoms with Gasteiger partial charge in [-0.15, -0.1) is 0 Å². The van der Waals surface area contributed by atoms with Crippen LogP contribution in [0.4, 0.5) is 10.1 Å². The Kier molecular flexibility index (Phi) is 4.73. The zero-order chi connectivity index (χ0) is 16.4. The van der Waals surface area contributed by atoms with Gasteiger partial charge >= 0.3 is 5.97 Å². The molecule has 0 atom stereocenters. The Morgan fingerprint density at radius 2 is 1.95 bits per heavy atom. The lowest BCUT2D eigenvalue weighted by molar-refractivity contribution is 0.0594. The van der Waals surface area contributed by atoms with Gasteiger partial charge in [-0.25, -0.2) is 14.2 Å². The number of carbonyl (C=O) groups excluding carboxylic acids is 1. The number of esters is 1. The summed E-state index contributed by atoms with van der Waals surface area (Å²) in [6.45, 7) is 0. The van der Waals surface area contributed by atoms with Crippen LogP contribution in [0.1, 0.15) is 10.5 Å². The highest BCUT2D eigenvalue weighted by Gasteiger charge is 2.20. The standard InChI is InChI=1S/C14H11Cl2FN2O3/c1-21-11-3-6(8(17)4-7(11)15)10-5-9(18)12(16)13(19-10)14(20)22-2/h3-5H,1-2H3,(H2,18,19). The fourth-order valence-corrected chi connectivity index (χ4v) is 2.20. The van der Waals surface area contributed by atoms with Crippen molar-refractivity contribution in [3.63, 3.8) is 0 Å². The molecular formula is C14H11Cl2FN2O3. The van der Waals surface area contributed by atoms with E-state index in [0.29, 0.717) is 0 Å². The first-order valence-corrected chi connectivity index (χ1v) is 6.72. The maximum absolute atomic E-state index is 14.1. The molecule has 2 rings (SSSR count). The van der Waals surface area contributed by atoms with Crippen molar-refractivity contribution in [2.45, 2.75) is 0 Å². The molecule has 8 heteroatoms. The van der Waals surface area contributed by atoms with E-state index in [4.69, 9.17) is 33.7 Å². The van der Waals surface area contributed by atoms with Gasteiger partial charge in [-0.1, -0.05) is 23.2 Å². The first kappa shape index (κ1) is 16.3. The van der Waals surface area contributed by atoms with E-state index >= 15 is 0 Å². The summed E-state index contributed by atoms with van der Waals surface area (Å²) < 4.78 is 23.7. The minimum absolute atomic E-state index is 0.0584. The molecule has 1 aromatic carbocycles. The quantitative estimate of drug-likeness (QED) is 0.861. The fraction of sp³-hybridized carbons (Fsp3) is 0.143. The number of aromatic nitrogens is 1. The lowest BCUT2D eigenvalue weighted by atomic mass is 10.1. The highest BCUT2D eigenvalue weighted by molar-refractivity contribution is 6.35. The van der Waals surface area contributed by atoms with Crippen LogP contribution in [-0.4, -0.2) is 25.2 Å². The van der Waals surface area contributed by atoms with Gasteiger partial charge in [-0.2, -0.15) is 0 Å². The summed E-state index contributed by atoms with van der Waals surface area (Å²) in [6.07, 6.45) is 0. The van der Waals surface area contributed by atoms with E-state index in [0.717, 1.165) is 6.07 Å².